The minimum atomic E-state index is -0.548. The number of aromatic amines is 1. The van der Waals surface area contributed by atoms with E-state index in [1.165, 1.54) is 6.20 Å². The number of H-pyrrole nitrogens is 1. The highest BCUT2D eigenvalue weighted by molar-refractivity contribution is 5.89. The summed E-state index contributed by atoms with van der Waals surface area (Å²) in [6, 6.07) is 20.6. The van der Waals surface area contributed by atoms with Crippen molar-refractivity contribution in [2.45, 2.75) is 0 Å². The molecule has 6 heteroatoms. The van der Waals surface area contributed by atoms with Gasteiger partial charge in [0.05, 0.1) is 23.0 Å². The van der Waals surface area contributed by atoms with Gasteiger partial charge in [0.15, 0.2) is 0 Å². The van der Waals surface area contributed by atoms with Crippen molar-refractivity contribution >= 4 is 21.8 Å². The van der Waals surface area contributed by atoms with E-state index < -0.39 is 11.2 Å². The third kappa shape index (κ3) is 2.51. The van der Waals surface area contributed by atoms with Gasteiger partial charge in [-0.1, -0.05) is 54.6 Å². The van der Waals surface area contributed by atoms with Crippen molar-refractivity contribution in [3.63, 3.8) is 0 Å². The van der Waals surface area contributed by atoms with Crippen LogP contribution < -0.4 is 11.2 Å². The van der Waals surface area contributed by atoms with Gasteiger partial charge < -0.3 is 0 Å². The van der Waals surface area contributed by atoms with E-state index in [-0.39, 0.29) is 5.65 Å². The van der Waals surface area contributed by atoms with E-state index in [0.29, 0.717) is 16.8 Å². The predicted molar refractivity (Wildman–Crippen MR) is 109 cm³/mol. The molecular weight excluding hydrogens is 352 g/mol. The molecule has 0 unspecified atom stereocenters. The van der Waals surface area contributed by atoms with Crippen LogP contribution in [0.15, 0.2) is 88.7 Å². The molecule has 0 saturated heterocycles. The Morgan fingerprint density at radius 1 is 0.786 bits per heavy atom. The zero-order chi connectivity index (χ0) is 19.1. The molecule has 28 heavy (non-hydrogen) atoms. The number of aromatic nitrogens is 4. The Bertz CT molecular complexity index is 1450. The Labute approximate surface area is 158 Å². The second-order valence-electron chi connectivity index (χ2n) is 6.41. The lowest BCUT2D eigenvalue weighted by molar-refractivity contribution is 0.897. The van der Waals surface area contributed by atoms with E-state index in [0.717, 1.165) is 20.9 Å². The van der Waals surface area contributed by atoms with Gasteiger partial charge in [0.1, 0.15) is 5.65 Å². The highest BCUT2D eigenvalue weighted by Gasteiger charge is 2.14. The summed E-state index contributed by atoms with van der Waals surface area (Å²) in [5.74, 6) is 0. The van der Waals surface area contributed by atoms with E-state index >= 15 is 0 Å². The predicted octanol–water partition coefficient (Wildman–Crippen LogP) is 3.29. The molecule has 0 fully saturated rings. The average molecular weight is 366 g/mol. The largest absolute Gasteiger partial charge is 0.334 e. The fourth-order valence-corrected chi connectivity index (χ4v) is 3.36. The summed E-state index contributed by atoms with van der Waals surface area (Å²) < 4.78 is 1.11. The van der Waals surface area contributed by atoms with Crippen LogP contribution in [-0.2, 0) is 0 Å². The molecule has 0 aliphatic carbocycles. The number of pyridine rings is 2. The van der Waals surface area contributed by atoms with Crippen molar-refractivity contribution in [2.75, 3.05) is 0 Å². The number of nitrogens with one attached hydrogen (secondary N) is 1. The second kappa shape index (κ2) is 6.28. The van der Waals surface area contributed by atoms with Gasteiger partial charge in [-0.25, -0.2) is 14.3 Å². The number of rotatable bonds is 2. The van der Waals surface area contributed by atoms with Crippen LogP contribution in [0.2, 0.25) is 0 Å². The normalized spacial score (nSPS) is 11.1. The molecule has 0 atom stereocenters. The van der Waals surface area contributed by atoms with Crippen molar-refractivity contribution in [3.8, 4) is 16.9 Å². The topological polar surface area (TPSA) is 80.6 Å². The lowest BCUT2D eigenvalue weighted by Crippen LogP contribution is -2.34. The molecule has 134 valence electrons. The number of hydrogen-bond acceptors (Lipinski definition) is 4. The number of fused-ring (bicyclic) bond motifs is 2. The van der Waals surface area contributed by atoms with E-state index in [1.807, 2.05) is 54.6 Å². The van der Waals surface area contributed by atoms with Crippen molar-refractivity contribution in [2.24, 2.45) is 0 Å². The fraction of sp³-hybridized carbons (Fsp3) is 0. The van der Waals surface area contributed by atoms with E-state index in [4.69, 9.17) is 0 Å². The minimum absolute atomic E-state index is 0.265. The van der Waals surface area contributed by atoms with Crippen LogP contribution in [-0.4, -0.2) is 19.5 Å². The monoisotopic (exact) mass is 366 g/mol. The Morgan fingerprint density at radius 3 is 2.43 bits per heavy atom. The first-order chi connectivity index (χ1) is 13.7. The van der Waals surface area contributed by atoms with E-state index in [2.05, 4.69) is 15.0 Å². The summed E-state index contributed by atoms with van der Waals surface area (Å²) in [5, 5.41) is 1.97. The maximum atomic E-state index is 13.1. The SMILES string of the molecule is O=c1[nH]c2nc(-c3ccccc3)ccc2c(=O)n1-c1cncc2ccccc12. The molecule has 2 aromatic carbocycles. The minimum Gasteiger partial charge on any atom is -0.291 e. The molecule has 6 nitrogen and oxygen atoms in total. The summed E-state index contributed by atoms with van der Waals surface area (Å²) in [4.78, 5) is 37.3. The summed E-state index contributed by atoms with van der Waals surface area (Å²) in [5.41, 5.74) is 1.33. The third-order valence-corrected chi connectivity index (χ3v) is 4.71. The molecule has 3 aromatic heterocycles. The Kier molecular flexibility index (Phi) is 3.62. The van der Waals surface area contributed by atoms with Gasteiger partial charge in [0.25, 0.3) is 5.56 Å². The van der Waals surface area contributed by atoms with Crippen LogP contribution in [0, 0.1) is 0 Å². The molecule has 0 aliphatic heterocycles. The van der Waals surface area contributed by atoms with Crippen molar-refractivity contribution < 1.29 is 0 Å². The third-order valence-electron chi connectivity index (χ3n) is 4.71. The molecule has 0 amide bonds. The van der Waals surface area contributed by atoms with Crippen LogP contribution in [0.1, 0.15) is 0 Å². The van der Waals surface area contributed by atoms with Crippen LogP contribution in [0.4, 0.5) is 0 Å². The summed E-state index contributed by atoms with van der Waals surface area (Å²) >= 11 is 0. The number of nitrogens with zero attached hydrogens (tertiary/aromatic N) is 3. The quantitative estimate of drug-likeness (QED) is 0.520. The van der Waals surface area contributed by atoms with Crippen LogP contribution in [0.25, 0.3) is 38.8 Å². The van der Waals surface area contributed by atoms with Gasteiger partial charge in [0, 0.05) is 22.5 Å². The summed E-state index contributed by atoms with van der Waals surface area (Å²) in [7, 11) is 0. The first kappa shape index (κ1) is 16.1. The average Bonchev–Trinajstić information content (AvgIpc) is 2.74. The molecule has 1 N–H and O–H groups in total. The van der Waals surface area contributed by atoms with Gasteiger partial charge in [-0.2, -0.15) is 0 Å². The summed E-state index contributed by atoms with van der Waals surface area (Å²) in [6.07, 6.45) is 3.23. The van der Waals surface area contributed by atoms with Crippen molar-refractivity contribution in [1.82, 2.24) is 19.5 Å². The highest BCUT2D eigenvalue weighted by atomic mass is 16.2. The van der Waals surface area contributed by atoms with Gasteiger partial charge >= 0.3 is 5.69 Å². The molecular formula is C22H14N4O2. The van der Waals surface area contributed by atoms with Gasteiger partial charge in [-0.05, 0) is 12.1 Å². The molecule has 0 saturated carbocycles. The molecule has 0 bridgehead atoms. The molecule has 5 rings (SSSR count). The lowest BCUT2D eigenvalue weighted by Gasteiger charge is -2.09. The van der Waals surface area contributed by atoms with Gasteiger partial charge in [-0.15, -0.1) is 0 Å². The van der Waals surface area contributed by atoms with Crippen molar-refractivity contribution in [3.05, 3.63) is 100.0 Å². The zero-order valence-corrected chi connectivity index (χ0v) is 14.7. The van der Waals surface area contributed by atoms with Gasteiger partial charge in [0.2, 0.25) is 0 Å². The van der Waals surface area contributed by atoms with E-state index in [9.17, 15) is 9.59 Å². The number of hydrogen-bond donors (Lipinski definition) is 1. The van der Waals surface area contributed by atoms with Crippen molar-refractivity contribution in [1.29, 1.82) is 0 Å². The zero-order valence-electron chi connectivity index (χ0n) is 14.7. The molecule has 0 aliphatic rings. The maximum absolute atomic E-state index is 13.1. The Morgan fingerprint density at radius 2 is 1.57 bits per heavy atom. The highest BCUT2D eigenvalue weighted by Crippen LogP contribution is 2.20. The Balaban J connectivity index is 1.78. The molecule has 3 heterocycles. The Hall–Kier alpha value is -4.06. The fourth-order valence-electron chi connectivity index (χ4n) is 3.36. The number of benzene rings is 2. The first-order valence-electron chi connectivity index (χ1n) is 8.77. The van der Waals surface area contributed by atoms with E-state index in [1.54, 1.807) is 18.3 Å². The standard InChI is InChI=1S/C22H14N4O2/c27-21-17-10-11-18(14-6-2-1-3-7-14)24-20(17)25-22(28)26(21)19-13-23-12-15-8-4-5-9-16(15)19/h1-13H,(H,24,25,28). The first-order valence-corrected chi connectivity index (χ1v) is 8.77. The lowest BCUT2D eigenvalue weighted by atomic mass is 10.1. The maximum Gasteiger partial charge on any atom is 0.334 e. The van der Waals surface area contributed by atoms with Crippen LogP contribution in [0.5, 0.6) is 0 Å². The smallest absolute Gasteiger partial charge is 0.291 e. The molecule has 0 spiro atoms. The summed E-state index contributed by atoms with van der Waals surface area (Å²) in [6.45, 7) is 0. The second-order valence-corrected chi connectivity index (χ2v) is 6.41. The molecule has 5 aromatic rings. The van der Waals surface area contributed by atoms with Gasteiger partial charge in [-0.3, -0.25) is 14.8 Å². The molecule has 0 radical (unpaired) electrons. The van der Waals surface area contributed by atoms with Crippen LogP contribution in [0.3, 0.4) is 0 Å². The van der Waals surface area contributed by atoms with Crippen LogP contribution >= 0.6 is 0 Å².